The Bertz CT molecular complexity index is 1390. The number of hydrogen-bond acceptors (Lipinski definition) is 5. The Kier molecular flexibility index (Phi) is 10.5. The van der Waals surface area contributed by atoms with Crippen LogP contribution in [0.2, 0.25) is 0 Å². The van der Waals surface area contributed by atoms with Crippen LogP contribution in [0.15, 0.2) is 52.4 Å². The Morgan fingerprint density at radius 1 is 1.10 bits per heavy atom. The van der Waals surface area contributed by atoms with Crippen molar-refractivity contribution < 1.29 is 31.2 Å². The predicted octanol–water partition coefficient (Wildman–Crippen LogP) is 4.22. The first-order valence-electron chi connectivity index (χ1n) is 13.3. The minimum absolute atomic E-state index is 0.00153. The summed E-state index contributed by atoms with van der Waals surface area (Å²) in [5, 5.41) is 5.05. The van der Waals surface area contributed by atoms with Crippen LogP contribution in [0.4, 0.5) is 18.9 Å². The number of hydrogen-bond donors (Lipinski definition) is 3. The second kappa shape index (κ2) is 13.5. The molecule has 224 valence electrons. The maximum Gasteiger partial charge on any atom is 0.416 e. The number of nitrogens with two attached hydrogens (primary N) is 1. The number of sulfonamides is 1. The molecule has 1 atom stereocenters. The molecule has 0 unspecified atom stereocenters. The highest BCUT2D eigenvalue weighted by Crippen LogP contribution is 2.32. The van der Waals surface area contributed by atoms with Gasteiger partial charge >= 0.3 is 6.18 Å². The monoisotopic (exact) mass is 595 g/mol. The van der Waals surface area contributed by atoms with Crippen molar-refractivity contribution in [2.45, 2.75) is 69.0 Å². The van der Waals surface area contributed by atoms with Gasteiger partial charge in [-0.05, 0) is 48.6 Å². The van der Waals surface area contributed by atoms with E-state index in [1.807, 2.05) is 0 Å². The van der Waals surface area contributed by atoms with E-state index >= 15 is 0 Å². The third-order valence-electron chi connectivity index (χ3n) is 7.07. The summed E-state index contributed by atoms with van der Waals surface area (Å²) < 4.78 is 66.2. The fourth-order valence-corrected chi connectivity index (χ4v) is 5.72. The normalized spacial score (nSPS) is 15.9. The molecule has 0 aromatic heterocycles. The third-order valence-corrected chi connectivity index (χ3v) is 8.88. The topological polar surface area (TPSA) is 134 Å². The lowest BCUT2D eigenvalue weighted by atomic mass is 9.84. The number of nitrogens with one attached hydrogen (secondary N) is 2. The van der Waals surface area contributed by atoms with E-state index in [-0.39, 0.29) is 22.1 Å². The van der Waals surface area contributed by atoms with Crippen molar-refractivity contribution in [3.8, 4) is 0 Å². The van der Waals surface area contributed by atoms with Gasteiger partial charge in [0.15, 0.2) is 5.96 Å². The van der Waals surface area contributed by atoms with E-state index in [2.05, 4.69) is 15.6 Å². The van der Waals surface area contributed by atoms with Crippen LogP contribution in [0.3, 0.4) is 0 Å². The predicted molar refractivity (Wildman–Crippen MR) is 151 cm³/mol. The summed E-state index contributed by atoms with van der Waals surface area (Å²) in [5.41, 5.74) is 5.74. The summed E-state index contributed by atoms with van der Waals surface area (Å²) in [6.07, 6.45) is 0.0479. The molecule has 3 rings (SSSR count). The third kappa shape index (κ3) is 8.77. The molecular weight excluding hydrogens is 559 g/mol. The van der Waals surface area contributed by atoms with Crippen LogP contribution in [-0.4, -0.2) is 50.6 Å². The Morgan fingerprint density at radius 2 is 1.76 bits per heavy atom. The molecule has 0 spiro atoms. The largest absolute Gasteiger partial charge is 0.416 e. The number of benzene rings is 2. The number of carbonyl (C=O) groups is 2. The summed E-state index contributed by atoms with van der Waals surface area (Å²) in [7, 11) is -0.941. The molecule has 0 saturated heterocycles. The zero-order chi connectivity index (χ0) is 30.4. The molecular formula is C28H36F3N5O4S. The van der Waals surface area contributed by atoms with Crippen molar-refractivity contribution in [3.63, 3.8) is 0 Å². The van der Waals surface area contributed by atoms with E-state index in [0.717, 1.165) is 42.5 Å². The molecule has 1 aliphatic carbocycles. The number of anilines is 1. The maximum absolute atomic E-state index is 13.4. The Labute approximate surface area is 238 Å². The van der Waals surface area contributed by atoms with Gasteiger partial charge in [0.2, 0.25) is 21.8 Å². The maximum atomic E-state index is 13.4. The van der Waals surface area contributed by atoms with Gasteiger partial charge in [0.05, 0.1) is 16.9 Å². The number of carbonyl (C=O) groups excluding carboxylic acids is 2. The zero-order valence-electron chi connectivity index (χ0n) is 23.3. The minimum Gasteiger partial charge on any atom is -0.370 e. The fourth-order valence-electron chi connectivity index (χ4n) is 4.79. The molecule has 1 saturated carbocycles. The lowest BCUT2D eigenvalue weighted by Gasteiger charge is -2.25. The zero-order valence-corrected chi connectivity index (χ0v) is 24.1. The first-order chi connectivity index (χ1) is 19.2. The quantitative estimate of drug-likeness (QED) is 0.295. The summed E-state index contributed by atoms with van der Waals surface area (Å²) in [6, 6.07) is 8.12. The van der Waals surface area contributed by atoms with E-state index in [4.69, 9.17) is 5.73 Å². The Hall–Kier alpha value is -3.45. The molecule has 41 heavy (non-hydrogen) atoms. The molecule has 2 aromatic rings. The van der Waals surface area contributed by atoms with Gasteiger partial charge in [0.1, 0.15) is 6.04 Å². The first kappa shape index (κ1) is 32.1. The van der Waals surface area contributed by atoms with Crippen molar-refractivity contribution in [2.24, 2.45) is 16.6 Å². The van der Waals surface area contributed by atoms with Crippen LogP contribution in [0.1, 0.15) is 55.2 Å². The molecule has 9 nitrogen and oxygen atoms in total. The number of aryl methyl sites for hydroxylation is 1. The van der Waals surface area contributed by atoms with Gasteiger partial charge < -0.3 is 11.1 Å². The van der Waals surface area contributed by atoms with E-state index in [9.17, 15) is 31.2 Å². The van der Waals surface area contributed by atoms with Crippen molar-refractivity contribution in [2.75, 3.05) is 19.4 Å². The number of alkyl halides is 3. The molecule has 2 amide bonds. The number of guanidine groups is 1. The van der Waals surface area contributed by atoms with Gasteiger partial charge in [-0.15, -0.1) is 0 Å². The smallest absolute Gasteiger partial charge is 0.370 e. The van der Waals surface area contributed by atoms with Gasteiger partial charge in [0, 0.05) is 19.8 Å². The Balaban J connectivity index is 1.82. The standard InChI is InChI=1S/C28H36F3N5O4S/c1-18-13-14-21(41(39,40)36(2)3)17-23(18)33-26(38)24(15-19-9-5-4-6-10-19)34-27(32)35-25(37)16-20-11-7-8-12-22(20)28(29,30)31/h7-8,11-14,17,19,24H,4-6,9-10,15-16H2,1-3H3,(H,33,38)(H3,32,34,35,37)/t24-/m1/s1. The van der Waals surface area contributed by atoms with E-state index in [1.165, 1.54) is 44.4 Å². The number of rotatable bonds is 9. The van der Waals surface area contributed by atoms with Crippen LogP contribution in [0.25, 0.3) is 0 Å². The van der Waals surface area contributed by atoms with Gasteiger partial charge in [-0.3, -0.25) is 14.9 Å². The summed E-state index contributed by atoms with van der Waals surface area (Å²) in [6.45, 7) is 1.72. The Morgan fingerprint density at radius 3 is 2.39 bits per heavy atom. The summed E-state index contributed by atoms with van der Waals surface area (Å²) in [5.74, 6) is -1.56. The van der Waals surface area contributed by atoms with Crippen LogP contribution in [0.5, 0.6) is 0 Å². The fraction of sp³-hybridized carbons (Fsp3) is 0.464. The van der Waals surface area contributed by atoms with Crippen molar-refractivity contribution in [3.05, 3.63) is 59.2 Å². The summed E-state index contributed by atoms with van der Waals surface area (Å²) in [4.78, 5) is 30.2. The van der Waals surface area contributed by atoms with Crippen molar-refractivity contribution in [1.29, 1.82) is 0 Å². The lowest BCUT2D eigenvalue weighted by molar-refractivity contribution is -0.138. The van der Waals surface area contributed by atoms with Crippen LogP contribution < -0.4 is 16.4 Å². The molecule has 2 aromatic carbocycles. The average Bonchev–Trinajstić information content (AvgIpc) is 2.89. The van der Waals surface area contributed by atoms with E-state index in [0.29, 0.717) is 12.0 Å². The number of halogens is 3. The first-order valence-corrected chi connectivity index (χ1v) is 14.7. The molecule has 1 aliphatic rings. The highest BCUT2D eigenvalue weighted by Gasteiger charge is 2.33. The number of aliphatic imine (C=N–C) groups is 1. The number of nitrogens with zero attached hydrogens (tertiary/aromatic N) is 2. The van der Waals surface area contributed by atoms with E-state index < -0.39 is 52.0 Å². The molecule has 0 bridgehead atoms. The second-order valence-corrected chi connectivity index (χ2v) is 12.6. The van der Waals surface area contributed by atoms with Crippen LogP contribution >= 0.6 is 0 Å². The van der Waals surface area contributed by atoms with Crippen LogP contribution in [0, 0.1) is 12.8 Å². The highest BCUT2D eigenvalue weighted by atomic mass is 32.2. The van der Waals surface area contributed by atoms with Crippen LogP contribution in [-0.2, 0) is 32.2 Å². The molecule has 1 fully saturated rings. The van der Waals surface area contributed by atoms with Crippen molar-refractivity contribution in [1.82, 2.24) is 9.62 Å². The average molecular weight is 596 g/mol. The minimum atomic E-state index is -4.62. The molecule has 13 heteroatoms. The second-order valence-electron chi connectivity index (χ2n) is 10.4. The summed E-state index contributed by atoms with van der Waals surface area (Å²) >= 11 is 0. The van der Waals surface area contributed by atoms with Gasteiger partial charge in [-0.1, -0.05) is 56.4 Å². The van der Waals surface area contributed by atoms with Gasteiger partial charge in [-0.25, -0.2) is 17.7 Å². The molecule has 4 N–H and O–H groups in total. The van der Waals surface area contributed by atoms with Gasteiger partial charge in [-0.2, -0.15) is 13.2 Å². The molecule has 0 aliphatic heterocycles. The SMILES string of the molecule is Cc1ccc(S(=O)(=O)N(C)C)cc1NC(=O)[C@@H](CC1CCCCC1)N=C(N)NC(=O)Cc1ccccc1C(F)(F)F. The highest BCUT2D eigenvalue weighted by molar-refractivity contribution is 7.89. The van der Waals surface area contributed by atoms with Crippen molar-refractivity contribution >= 4 is 33.5 Å². The lowest BCUT2D eigenvalue weighted by Crippen LogP contribution is -2.41. The number of amides is 2. The van der Waals surface area contributed by atoms with E-state index in [1.54, 1.807) is 13.0 Å². The molecule has 0 heterocycles. The molecule has 0 radical (unpaired) electrons. The van der Waals surface area contributed by atoms with Gasteiger partial charge in [0.25, 0.3) is 0 Å².